The van der Waals surface area contributed by atoms with Crippen molar-refractivity contribution in [1.29, 1.82) is 0 Å². The molecular formula is C17H14F6N6O. The Balaban J connectivity index is 1.83. The highest BCUT2D eigenvalue weighted by Gasteiger charge is 2.38. The predicted molar refractivity (Wildman–Crippen MR) is 92.6 cm³/mol. The van der Waals surface area contributed by atoms with E-state index in [4.69, 9.17) is 5.11 Å². The van der Waals surface area contributed by atoms with Crippen molar-refractivity contribution in [2.75, 3.05) is 5.32 Å². The molecular weight excluding hydrogens is 418 g/mol. The van der Waals surface area contributed by atoms with Gasteiger partial charge in [0.15, 0.2) is 6.10 Å². The van der Waals surface area contributed by atoms with Crippen LogP contribution in [0.5, 0.6) is 0 Å². The lowest BCUT2D eigenvalue weighted by Crippen LogP contribution is -2.32. The van der Waals surface area contributed by atoms with Gasteiger partial charge in [-0.05, 0) is 36.8 Å². The average molecular weight is 432 g/mol. The van der Waals surface area contributed by atoms with Crippen molar-refractivity contribution in [2.24, 2.45) is 0 Å². The molecule has 0 amide bonds. The monoisotopic (exact) mass is 432 g/mol. The second-order valence-electron chi connectivity index (χ2n) is 6.35. The number of aromatic nitrogens is 5. The van der Waals surface area contributed by atoms with Gasteiger partial charge in [-0.25, -0.2) is 14.6 Å². The van der Waals surface area contributed by atoms with Gasteiger partial charge in [0.25, 0.3) is 0 Å². The molecule has 7 nitrogen and oxygen atoms in total. The first-order valence-corrected chi connectivity index (χ1v) is 8.36. The molecule has 160 valence electrons. The molecule has 0 spiro atoms. The van der Waals surface area contributed by atoms with Crippen LogP contribution in [0.4, 0.5) is 38.0 Å². The third kappa shape index (κ3) is 5.23. The van der Waals surface area contributed by atoms with Crippen LogP contribution in [-0.4, -0.2) is 42.3 Å². The van der Waals surface area contributed by atoms with E-state index in [1.807, 2.05) is 0 Å². The number of halogens is 6. The van der Waals surface area contributed by atoms with E-state index in [-0.39, 0.29) is 23.0 Å². The van der Waals surface area contributed by atoms with Crippen molar-refractivity contribution >= 4 is 11.6 Å². The van der Waals surface area contributed by atoms with Crippen LogP contribution in [0.25, 0.3) is 11.4 Å². The Morgan fingerprint density at radius 2 is 1.80 bits per heavy atom. The van der Waals surface area contributed by atoms with Crippen LogP contribution in [-0.2, 0) is 12.7 Å². The van der Waals surface area contributed by atoms with Crippen molar-refractivity contribution in [1.82, 2.24) is 25.0 Å². The van der Waals surface area contributed by atoms with Crippen LogP contribution in [0.2, 0.25) is 0 Å². The first kappa shape index (κ1) is 21.5. The van der Waals surface area contributed by atoms with Crippen LogP contribution in [0.1, 0.15) is 11.1 Å². The maximum atomic E-state index is 12.8. The van der Waals surface area contributed by atoms with E-state index in [1.165, 1.54) is 6.20 Å². The van der Waals surface area contributed by atoms with Crippen molar-refractivity contribution in [3.63, 3.8) is 0 Å². The highest BCUT2D eigenvalue weighted by molar-refractivity contribution is 5.61. The summed E-state index contributed by atoms with van der Waals surface area (Å²) in [5.41, 5.74) is 0.101. The molecule has 0 saturated carbocycles. The number of rotatable bonds is 5. The standard InChI is InChI=1S/C17H14F6N6O/c1-9-4-11(12-7-29(28-27-12)8-13(30)17(21,22)23)25-15(5-9)26-14-6-10(2-3-24-14)16(18,19)20/h2-7,13,30H,8H2,1H3,(H,24,25,26). The van der Waals surface area contributed by atoms with Gasteiger partial charge in [-0.15, -0.1) is 5.10 Å². The molecule has 0 fully saturated rings. The molecule has 0 aliphatic carbocycles. The summed E-state index contributed by atoms with van der Waals surface area (Å²) < 4.78 is 76.8. The molecule has 3 aromatic heterocycles. The maximum absolute atomic E-state index is 12.8. The topological polar surface area (TPSA) is 88.8 Å². The van der Waals surface area contributed by atoms with Gasteiger partial charge in [0.1, 0.15) is 17.3 Å². The van der Waals surface area contributed by atoms with E-state index in [0.29, 0.717) is 5.56 Å². The largest absolute Gasteiger partial charge is 0.416 e. The van der Waals surface area contributed by atoms with E-state index >= 15 is 0 Å². The van der Waals surface area contributed by atoms with Gasteiger partial charge >= 0.3 is 12.4 Å². The van der Waals surface area contributed by atoms with Crippen LogP contribution < -0.4 is 5.32 Å². The molecule has 1 unspecified atom stereocenters. The Bertz CT molecular complexity index is 1030. The fraction of sp³-hybridized carbons (Fsp3) is 0.294. The molecule has 2 N–H and O–H groups in total. The van der Waals surface area contributed by atoms with Gasteiger partial charge in [-0.2, -0.15) is 26.3 Å². The fourth-order valence-corrected chi connectivity index (χ4v) is 2.45. The second-order valence-corrected chi connectivity index (χ2v) is 6.35. The molecule has 13 heteroatoms. The van der Waals surface area contributed by atoms with E-state index in [1.54, 1.807) is 19.1 Å². The summed E-state index contributed by atoms with van der Waals surface area (Å²) in [6.07, 6.45) is -9.78. The Kier molecular flexibility index (Phi) is 5.65. The molecule has 0 aromatic carbocycles. The molecule has 0 bridgehead atoms. The number of nitrogens with zero attached hydrogens (tertiary/aromatic N) is 5. The molecule has 1 atom stereocenters. The third-order valence-corrected chi connectivity index (χ3v) is 3.85. The quantitative estimate of drug-likeness (QED) is 0.598. The molecule has 0 radical (unpaired) electrons. The van der Waals surface area contributed by atoms with Gasteiger partial charge in [-0.1, -0.05) is 5.21 Å². The molecule has 3 rings (SSSR count). The first-order chi connectivity index (χ1) is 13.9. The van der Waals surface area contributed by atoms with Gasteiger partial charge in [0.2, 0.25) is 0 Å². The van der Waals surface area contributed by atoms with Gasteiger partial charge in [0.05, 0.1) is 24.0 Å². The SMILES string of the molecule is Cc1cc(Nc2cc(C(F)(F)F)ccn2)nc(-c2cn(CC(O)C(F)(F)F)nn2)c1. The van der Waals surface area contributed by atoms with Crippen molar-refractivity contribution in [3.8, 4) is 11.4 Å². The number of aryl methyl sites for hydroxylation is 1. The Labute approximate surface area is 165 Å². The lowest BCUT2D eigenvalue weighted by molar-refractivity contribution is -0.208. The molecule has 0 saturated heterocycles. The zero-order valence-corrected chi connectivity index (χ0v) is 15.2. The summed E-state index contributed by atoms with van der Waals surface area (Å²) >= 11 is 0. The lowest BCUT2D eigenvalue weighted by atomic mass is 10.2. The van der Waals surface area contributed by atoms with Gasteiger partial charge < -0.3 is 10.4 Å². The van der Waals surface area contributed by atoms with E-state index in [2.05, 4.69) is 25.6 Å². The number of aliphatic hydroxyl groups is 1. The number of alkyl halides is 6. The fourth-order valence-electron chi connectivity index (χ4n) is 2.45. The van der Waals surface area contributed by atoms with E-state index in [9.17, 15) is 26.3 Å². The minimum absolute atomic E-state index is 0.0918. The summed E-state index contributed by atoms with van der Waals surface area (Å²) in [6.45, 7) is 0.843. The van der Waals surface area contributed by atoms with Crippen molar-refractivity contribution < 1.29 is 31.4 Å². The van der Waals surface area contributed by atoms with Crippen LogP contribution in [0.3, 0.4) is 0 Å². The minimum atomic E-state index is -4.80. The number of hydrogen-bond acceptors (Lipinski definition) is 6. The van der Waals surface area contributed by atoms with Crippen molar-refractivity contribution in [2.45, 2.75) is 31.9 Å². The van der Waals surface area contributed by atoms with Crippen LogP contribution in [0, 0.1) is 6.92 Å². The smallest absolute Gasteiger partial charge is 0.382 e. The summed E-state index contributed by atoms with van der Waals surface area (Å²) in [5, 5.41) is 19.1. The lowest BCUT2D eigenvalue weighted by Gasteiger charge is -2.13. The molecule has 30 heavy (non-hydrogen) atoms. The highest BCUT2D eigenvalue weighted by atomic mass is 19.4. The summed E-state index contributed by atoms with van der Waals surface area (Å²) in [6, 6.07) is 4.76. The Morgan fingerprint density at radius 3 is 2.47 bits per heavy atom. The van der Waals surface area contributed by atoms with E-state index in [0.717, 1.165) is 23.0 Å². The Hall–Kier alpha value is -3.22. The van der Waals surface area contributed by atoms with Crippen LogP contribution in [0.15, 0.2) is 36.7 Å². The van der Waals surface area contributed by atoms with Crippen molar-refractivity contribution in [3.05, 3.63) is 47.8 Å². The predicted octanol–water partition coefficient (Wildman–Crippen LogP) is 3.73. The van der Waals surface area contributed by atoms with E-state index < -0.39 is 30.6 Å². The van der Waals surface area contributed by atoms with Gasteiger partial charge in [-0.3, -0.25) is 0 Å². The maximum Gasteiger partial charge on any atom is 0.416 e. The Morgan fingerprint density at radius 1 is 1.07 bits per heavy atom. The zero-order valence-electron chi connectivity index (χ0n) is 15.2. The summed E-state index contributed by atoms with van der Waals surface area (Å²) in [7, 11) is 0. The number of anilines is 2. The minimum Gasteiger partial charge on any atom is -0.382 e. The molecule has 3 aromatic rings. The molecule has 0 aliphatic rings. The normalized spacial score (nSPS) is 13.3. The zero-order chi connectivity index (χ0) is 22.1. The number of aliphatic hydroxyl groups excluding tert-OH is 1. The van der Waals surface area contributed by atoms with Crippen LogP contribution >= 0.6 is 0 Å². The van der Waals surface area contributed by atoms with Gasteiger partial charge in [0, 0.05) is 6.20 Å². The highest BCUT2D eigenvalue weighted by Crippen LogP contribution is 2.30. The number of pyridine rings is 2. The summed E-state index contributed by atoms with van der Waals surface area (Å²) in [5.74, 6) is 0.0625. The average Bonchev–Trinajstić information content (AvgIpc) is 3.08. The number of nitrogens with one attached hydrogen (secondary N) is 1. The first-order valence-electron chi connectivity index (χ1n) is 8.36. The number of hydrogen-bond donors (Lipinski definition) is 2. The second kappa shape index (κ2) is 7.89. The summed E-state index contributed by atoms with van der Waals surface area (Å²) in [4.78, 5) is 8.02. The molecule has 3 heterocycles. The third-order valence-electron chi connectivity index (χ3n) is 3.85. The molecule has 0 aliphatic heterocycles.